The number of anilines is 1. The summed E-state index contributed by atoms with van der Waals surface area (Å²) in [7, 11) is 2.11. The van der Waals surface area contributed by atoms with Gasteiger partial charge in [0, 0.05) is 46.9 Å². The molecule has 4 heterocycles. The van der Waals surface area contributed by atoms with Crippen LogP contribution in [0.2, 0.25) is 0 Å². The number of aromatic amines is 1. The zero-order valence-corrected chi connectivity index (χ0v) is 20.9. The van der Waals surface area contributed by atoms with Crippen LogP contribution in [0.25, 0.3) is 32.6 Å². The minimum absolute atomic E-state index is 0.0607. The molecule has 0 atom stereocenters. The van der Waals surface area contributed by atoms with E-state index in [2.05, 4.69) is 70.3 Å². The molecule has 176 valence electrons. The van der Waals surface area contributed by atoms with Gasteiger partial charge in [-0.2, -0.15) is 5.10 Å². The van der Waals surface area contributed by atoms with Crippen LogP contribution < -0.4 is 15.8 Å². The molecule has 0 bridgehead atoms. The van der Waals surface area contributed by atoms with Gasteiger partial charge in [0.1, 0.15) is 0 Å². The fourth-order valence-corrected chi connectivity index (χ4v) is 6.14. The predicted molar refractivity (Wildman–Crippen MR) is 137 cm³/mol. The van der Waals surface area contributed by atoms with Crippen LogP contribution in [0, 0.1) is 0 Å². The first-order valence-electron chi connectivity index (χ1n) is 11.4. The fourth-order valence-electron chi connectivity index (χ4n) is 5.29. The smallest absolute Gasteiger partial charge is 0.264 e. The van der Waals surface area contributed by atoms with Gasteiger partial charge in [0.05, 0.1) is 27.6 Å². The first-order valence-corrected chi connectivity index (χ1v) is 12.3. The van der Waals surface area contributed by atoms with Crippen molar-refractivity contribution in [2.75, 3.05) is 11.9 Å². The molecular weight excluding hydrogens is 446 g/mol. The maximum Gasteiger partial charge on any atom is 0.264 e. The molecule has 1 aromatic carbocycles. The van der Waals surface area contributed by atoms with Crippen LogP contribution >= 0.6 is 11.3 Å². The number of benzene rings is 1. The number of fused-ring (bicyclic) bond motifs is 1. The molecule has 5 rings (SSSR count). The number of thiazole rings is 1. The molecule has 1 aliphatic heterocycles. The number of rotatable bonds is 4. The maximum atomic E-state index is 11.7. The van der Waals surface area contributed by atoms with E-state index in [1.165, 1.54) is 11.3 Å². The van der Waals surface area contributed by atoms with Crippen molar-refractivity contribution in [1.82, 2.24) is 30.7 Å². The molecule has 2 N–H and O–H groups in total. The van der Waals surface area contributed by atoms with E-state index in [1.54, 1.807) is 12.3 Å². The minimum Gasteiger partial charge on any atom is -0.355 e. The van der Waals surface area contributed by atoms with Gasteiger partial charge in [0.15, 0.2) is 5.82 Å². The van der Waals surface area contributed by atoms with E-state index in [4.69, 9.17) is 0 Å². The standard InChI is InChI=1S/C25H29N7OS/c1-24(2)11-16(12-25(3,4)31-24)32(5)20-9-8-19(28-29-20)18-7-6-17(23-22(18)26-14-34-23)15-10-21(33)30-27-13-15/h6-10,13-14,16,31H,11-12H2,1-5H3,(H,30,33). The van der Waals surface area contributed by atoms with Crippen molar-refractivity contribution in [3.8, 4) is 22.4 Å². The second-order valence-corrected chi connectivity index (χ2v) is 11.2. The summed E-state index contributed by atoms with van der Waals surface area (Å²) in [6.07, 6.45) is 3.73. The van der Waals surface area contributed by atoms with E-state index >= 15 is 0 Å². The predicted octanol–water partition coefficient (Wildman–Crippen LogP) is 4.25. The number of nitrogens with zero attached hydrogens (tertiary/aromatic N) is 5. The lowest BCUT2D eigenvalue weighted by Gasteiger charge is -2.49. The molecule has 1 aliphatic rings. The molecule has 8 nitrogen and oxygen atoms in total. The molecule has 0 radical (unpaired) electrons. The van der Waals surface area contributed by atoms with Crippen molar-refractivity contribution in [1.29, 1.82) is 0 Å². The lowest BCUT2D eigenvalue weighted by Crippen LogP contribution is -2.62. The Balaban J connectivity index is 1.45. The number of hydrogen-bond donors (Lipinski definition) is 2. The van der Waals surface area contributed by atoms with E-state index in [-0.39, 0.29) is 16.6 Å². The number of H-pyrrole nitrogens is 1. The highest BCUT2D eigenvalue weighted by atomic mass is 32.1. The van der Waals surface area contributed by atoms with Crippen LogP contribution in [0.15, 0.2) is 46.8 Å². The zero-order chi connectivity index (χ0) is 24.1. The lowest BCUT2D eigenvalue weighted by atomic mass is 9.79. The molecule has 4 aromatic rings. The lowest BCUT2D eigenvalue weighted by molar-refractivity contribution is 0.160. The van der Waals surface area contributed by atoms with Crippen LogP contribution in [0.3, 0.4) is 0 Å². The van der Waals surface area contributed by atoms with Gasteiger partial charge < -0.3 is 10.2 Å². The molecule has 0 saturated carbocycles. The van der Waals surface area contributed by atoms with E-state index in [9.17, 15) is 4.79 Å². The first-order chi connectivity index (χ1) is 16.1. The topological polar surface area (TPSA) is 99.7 Å². The Hall–Kier alpha value is -3.17. The van der Waals surface area contributed by atoms with E-state index in [0.717, 1.165) is 51.3 Å². The molecule has 0 amide bonds. The monoisotopic (exact) mass is 475 g/mol. The second-order valence-electron chi connectivity index (χ2n) is 10.4. The molecule has 3 aromatic heterocycles. The van der Waals surface area contributed by atoms with E-state index in [0.29, 0.717) is 6.04 Å². The van der Waals surface area contributed by atoms with Gasteiger partial charge in [-0.25, -0.2) is 10.1 Å². The van der Waals surface area contributed by atoms with Crippen molar-refractivity contribution in [3.63, 3.8) is 0 Å². The SMILES string of the molecule is CN(c1ccc(-c2ccc(-c3cn[nH]c(=O)c3)c3scnc23)nn1)C1CC(C)(C)NC(C)(C)C1. The fraction of sp³-hybridized carbons (Fsp3) is 0.400. The third-order valence-corrected chi connectivity index (χ3v) is 7.32. The number of hydrogen-bond acceptors (Lipinski definition) is 8. The quantitative estimate of drug-likeness (QED) is 0.455. The third-order valence-electron chi connectivity index (χ3n) is 6.46. The van der Waals surface area contributed by atoms with Gasteiger partial charge in [-0.05, 0) is 58.7 Å². The molecule has 0 spiro atoms. The van der Waals surface area contributed by atoms with Gasteiger partial charge in [-0.1, -0.05) is 6.07 Å². The Morgan fingerprint density at radius 1 is 1.03 bits per heavy atom. The number of nitrogens with one attached hydrogen (secondary N) is 2. The minimum atomic E-state index is -0.231. The van der Waals surface area contributed by atoms with Crippen molar-refractivity contribution in [2.45, 2.75) is 57.7 Å². The summed E-state index contributed by atoms with van der Waals surface area (Å²) < 4.78 is 0.993. The van der Waals surface area contributed by atoms with Crippen LogP contribution in [0.1, 0.15) is 40.5 Å². The zero-order valence-electron chi connectivity index (χ0n) is 20.1. The summed E-state index contributed by atoms with van der Waals surface area (Å²) in [5.74, 6) is 0.864. The second kappa shape index (κ2) is 8.25. The average molecular weight is 476 g/mol. The number of aromatic nitrogens is 5. The summed E-state index contributed by atoms with van der Waals surface area (Å²) in [4.78, 5) is 18.6. The molecule has 0 unspecified atom stereocenters. The average Bonchev–Trinajstić information content (AvgIpc) is 3.26. The summed E-state index contributed by atoms with van der Waals surface area (Å²) in [6, 6.07) is 9.96. The van der Waals surface area contributed by atoms with Crippen molar-refractivity contribution in [2.24, 2.45) is 0 Å². The largest absolute Gasteiger partial charge is 0.355 e. The number of piperidine rings is 1. The molecule has 0 aliphatic carbocycles. The van der Waals surface area contributed by atoms with Gasteiger partial charge in [0.25, 0.3) is 5.56 Å². The van der Waals surface area contributed by atoms with Crippen molar-refractivity contribution < 1.29 is 0 Å². The van der Waals surface area contributed by atoms with E-state index < -0.39 is 0 Å². The van der Waals surface area contributed by atoms with Crippen LogP contribution in [-0.4, -0.2) is 49.5 Å². The highest BCUT2D eigenvalue weighted by molar-refractivity contribution is 7.17. The Bertz CT molecular complexity index is 1370. The highest BCUT2D eigenvalue weighted by Gasteiger charge is 2.39. The summed E-state index contributed by atoms with van der Waals surface area (Å²) in [5, 5.41) is 19.3. The van der Waals surface area contributed by atoms with Crippen molar-refractivity contribution >= 4 is 27.4 Å². The van der Waals surface area contributed by atoms with Crippen LogP contribution in [0.5, 0.6) is 0 Å². The van der Waals surface area contributed by atoms with Gasteiger partial charge in [-0.3, -0.25) is 4.79 Å². The molecule has 9 heteroatoms. The summed E-state index contributed by atoms with van der Waals surface area (Å²) in [5.41, 5.74) is 5.94. The molecule has 34 heavy (non-hydrogen) atoms. The normalized spacial score (nSPS) is 17.7. The maximum absolute atomic E-state index is 11.7. The van der Waals surface area contributed by atoms with Gasteiger partial charge in [-0.15, -0.1) is 21.5 Å². The highest BCUT2D eigenvalue weighted by Crippen LogP contribution is 2.37. The van der Waals surface area contributed by atoms with Crippen molar-refractivity contribution in [3.05, 3.63) is 52.4 Å². The molecule has 1 fully saturated rings. The van der Waals surface area contributed by atoms with Gasteiger partial charge >= 0.3 is 0 Å². The van der Waals surface area contributed by atoms with Gasteiger partial charge in [0.2, 0.25) is 0 Å². The summed E-state index contributed by atoms with van der Waals surface area (Å²) >= 11 is 1.54. The van der Waals surface area contributed by atoms with E-state index in [1.807, 2.05) is 29.8 Å². The van der Waals surface area contributed by atoms with Crippen LogP contribution in [0.4, 0.5) is 5.82 Å². The summed E-state index contributed by atoms with van der Waals surface area (Å²) in [6.45, 7) is 9.03. The molecule has 1 saturated heterocycles. The Morgan fingerprint density at radius 2 is 1.76 bits per heavy atom. The molecular formula is C25H29N7OS. The Morgan fingerprint density at radius 3 is 2.44 bits per heavy atom. The Kier molecular flexibility index (Phi) is 5.49. The third kappa shape index (κ3) is 4.33. The van der Waals surface area contributed by atoms with Crippen LogP contribution in [-0.2, 0) is 0 Å². The Labute approximate surface area is 202 Å². The first kappa shape index (κ1) is 22.6.